The fourth-order valence-corrected chi connectivity index (χ4v) is 5.50. The van der Waals surface area contributed by atoms with Crippen LogP contribution in [-0.2, 0) is 4.74 Å². The van der Waals surface area contributed by atoms with E-state index in [0.717, 1.165) is 43.5 Å². The van der Waals surface area contributed by atoms with E-state index in [1.807, 2.05) is 24.6 Å². The van der Waals surface area contributed by atoms with Gasteiger partial charge in [0.1, 0.15) is 0 Å². The number of hydrogen-bond donors (Lipinski definition) is 0. The monoisotopic (exact) mass is 348 g/mol. The molecule has 1 aromatic heterocycles. The van der Waals surface area contributed by atoms with E-state index < -0.39 is 0 Å². The highest BCUT2D eigenvalue weighted by Crippen LogP contribution is 2.47. The van der Waals surface area contributed by atoms with Crippen LogP contribution in [0.15, 0.2) is 17.5 Å². The normalized spacial score (nSPS) is 27.5. The number of carbonyl (C=O) groups is 1. The van der Waals surface area contributed by atoms with Gasteiger partial charge in [-0.05, 0) is 42.5 Å². The van der Waals surface area contributed by atoms with Crippen molar-refractivity contribution in [1.82, 2.24) is 9.80 Å². The van der Waals surface area contributed by atoms with Crippen LogP contribution in [0.1, 0.15) is 41.8 Å². The number of ether oxygens (including phenoxy) is 1. The maximum Gasteiger partial charge on any atom is 0.263 e. The Bertz CT molecular complexity index is 562. The van der Waals surface area contributed by atoms with Crippen molar-refractivity contribution in [2.45, 2.75) is 38.1 Å². The lowest BCUT2D eigenvalue weighted by Crippen LogP contribution is -2.47. The second kappa shape index (κ2) is 6.77. The second-order valence-electron chi connectivity index (χ2n) is 7.80. The van der Waals surface area contributed by atoms with Crippen molar-refractivity contribution in [2.75, 3.05) is 39.9 Å². The fourth-order valence-electron chi connectivity index (χ4n) is 4.81. The van der Waals surface area contributed by atoms with E-state index in [4.69, 9.17) is 4.74 Å². The van der Waals surface area contributed by atoms with Crippen molar-refractivity contribution in [2.24, 2.45) is 11.3 Å². The SMILES string of the molecule is COCC1CN(C2CCC2)CC12CCN(C(=O)c1cccs1)CC2. The summed E-state index contributed by atoms with van der Waals surface area (Å²) in [5.41, 5.74) is 0.359. The molecule has 2 saturated heterocycles. The first-order valence-corrected chi connectivity index (χ1v) is 10.2. The molecule has 24 heavy (non-hydrogen) atoms. The largest absolute Gasteiger partial charge is 0.384 e. The molecule has 1 aliphatic carbocycles. The Balaban J connectivity index is 1.42. The van der Waals surface area contributed by atoms with Gasteiger partial charge in [0.2, 0.25) is 0 Å². The van der Waals surface area contributed by atoms with Gasteiger partial charge in [0.15, 0.2) is 0 Å². The van der Waals surface area contributed by atoms with E-state index in [0.29, 0.717) is 11.3 Å². The van der Waals surface area contributed by atoms with E-state index in [1.165, 1.54) is 32.4 Å². The molecule has 4 rings (SSSR count). The Morgan fingerprint density at radius 2 is 2.17 bits per heavy atom. The van der Waals surface area contributed by atoms with E-state index >= 15 is 0 Å². The molecular weight excluding hydrogens is 320 g/mol. The summed E-state index contributed by atoms with van der Waals surface area (Å²) in [6, 6.07) is 4.72. The zero-order chi connectivity index (χ0) is 16.6. The average Bonchev–Trinajstić information content (AvgIpc) is 3.16. The third-order valence-electron chi connectivity index (χ3n) is 6.58. The van der Waals surface area contributed by atoms with Crippen LogP contribution in [0.4, 0.5) is 0 Å². The number of nitrogens with zero attached hydrogens (tertiary/aromatic N) is 2. The zero-order valence-electron chi connectivity index (χ0n) is 14.6. The highest BCUT2D eigenvalue weighted by atomic mass is 32.1. The summed E-state index contributed by atoms with van der Waals surface area (Å²) in [4.78, 5) is 18.3. The second-order valence-corrected chi connectivity index (χ2v) is 8.75. The van der Waals surface area contributed by atoms with Crippen LogP contribution < -0.4 is 0 Å². The predicted molar refractivity (Wildman–Crippen MR) is 96.5 cm³/mol. The Labute approximate surface area is 148 Å². The molecule has 1 spiro atoms. The van der Waals surface area contributed by atoms with Gasteiger partial charge < -0.3 is 9.64 Å². The van der Waals surface area contributed by atoms with Gasteiger partial charge >= 0.3 is 0 Å². The maximum atomic E-state index is 12.6. The van der Waals surface area contributed by atoms with Gasteiger partial charge in [-0.3, -0.25) is 9.69 Å². The van der Waals surface area contributed by atoms with Crippen molar-refractivity contribution < 1.29 is 9.53 Å². The minimum absolute atomic E-state index is 0.219. The van der Waals surface area contributed by atoms with Crippen molar-refractivity contribution in [3.8, 4) is 0 Å². The number of thiophene rings is 1. The van der Waals surface area contributed by atoms with E-state index in [1.54, 1.807) is 11.3 Å². The van der Waals surface area contributed by atoms with Crippen LogP contribution in [0.3, 0.4) is 0 Å². The Morgan fingerprint density at radius 1 is 1.38 bits per heavy atom. The van der Waals surface area contributed by atoms with Gasteiger partial charge in [0.05, 0.1) is 11.5 Å². The molecule has 3 fully saturated rings. The molecule has 1 saturated carbocycles. The molecule has 3 aliphatic rings. The summed E-state index contributed by atoms with van der Waals surface area (Å²) >= 11 is 1.55. The zero-order valence-corrected chi connectivity index (χ0v) is 15.4. The highest BCUT2D eigenvalue weighted by molar-refractivity contribution is 7.12. The number of rotatable bonds is 4. The van der Waals surface area contributed by atoms with Crippen LogP contribution >= 0.6 is 11.3 Å². The van der Waals surface area contributed by atoms with E-state index in [9.17, 15) is 4.79 Å². The summed E-state index contributed by atoms with van der Waals surface area (Å²) in [5, 5.41) is 1.99. The Morgan fingerprint density at radius 3 is 2.75 bits per heavy atom. The number of hydrogen-bond acceptors (Lipinski definition) is 4. The molecule has 3 heterocycles. The van der Waals surface area contributed by atoms with Crippen LogP contribution in [0.25, 0.3) is 0 Å². The number of likely N-dealkylation sites (tertiary alicyclic amines) is 2. The number of methoxy groups -OCH3 is 1. The quantitative estimate of drug-likeness (QED) is 0.838. The smallest absolute Gasteiger partial charge is 0.263 e. The lowest BCUT2D eigenvalue weighted by Gasteiger charge is -2.43. The first-order chi connectivity index (χ1) is 11.7. The molecule has 5 heteroatoms. The third kappa shape index (κ3) is 2.91. The van der Waals surface area contributed by atoms with Gasteiger partial charge in [-0.25, -0.2) is 0 Å². The highest BCUT2D eigenvalue weighted by Gasteiger charge is 2.50. The topological polar surface area (TPSA) is 32.8 Å². The van der Waals surface area contributed by atoms with Gasteiger partial charge in [-0.15, -0.1) is 11.3 Å². The summed E-state index contributed by atoms with van der Waals surface area (Å²) in [5.74, 6) is 0.846. The lowest BCUT2D eigenvalue weighted by molar-refractivity contribution is 0.0315. The number of carbonyl (C=O) groups excluding carboxylic acids is 1. The molecular formula is C19H28N2O2S. The van der Waals surface area contributed by atoms with Crippen molar-refractivity contribution >= 4 is 17.2 Å². The number of piperidine rings is 1. The molecule has 0 bridgehead atoms. The summed E-state index contributed by atoms with van der Waals surface area (Å²) in [6.45, 7) is 5.07. The van der Waals surface area contributed by atoms with Crippen molar-refractivity contribution in [1.29, 1.82) is 0 Å². The molecule has 4 nitrogen and oxygen atoms in total. The molecule has 1 amide bonds. The minimum atomic E-state index is 0.219. The molecule has 1 unspecified atom stereocenters. The van der Waals surface area contributed by atoms with Crippen molar-refractivity contribution in [3.63, 3.8) is 0 Å². The van der Waals surface area contributed by atoms with Crippen molar-refractivity contribution in [3.05, 3.63) is 22.4 Å². The first-order valence-electron chi connectivity index (χ1n) is 9.28. The Kier molecular flexibility index (Phi) is 4.67. The fraction of sp³-hybridized carbons (Fsp3) is 0.737. The van der Waals surface area contributed by atoms with Gasteiger partial charge in [0.25, 0.3) is 5.91 Å². The average molecular weight is 349 g/mol. The van der Waals surface area contributed by atoms with E-state index in [-0.39, 0.29) is 5.91 Å². The molecule has 0 aromatic carbocycles. The summed E-state index contributed by atoms with van der Waals surface area (Å²) < 4.78 is 5.56. The summed E-state index contributed by atoms with van der Waals surface area (Å²) in [6.07, 6.45) is 6.40. The van der Waals surface area contributed by atoms with Crippen LogP contribution in [-0.4, -0.2) is 61.6 Å². The summed E-state index contributed by atoms with van der Waals surface area (Å²) in [7, 11) is 1.83. The standard InChI is InChI=1S/C19H28N2O2S/c1-23-13-15-12-21(16-4-2-5-16)14-19(15)7-9-20(10-8-19)18(22)17-6-3-11-24-17/h3,6,11,15-16H,2,4-5,7-10,12-14H2,1H3. The van der Waals surface area contributed by atoms with Crippen LogP contribution in [0.5, 0.6) is 0 Å². The van der Waals surface area contributed by atoms with Gasteiger partial charge in [0, 0.05) is 45.2 Å². The van der Waals surface area contributed by atoms with Crippen LogP contribution in [0.2, 0.25) is 0 Å². The molecule has 2 aliphatic heterocycles. The molecule has 1 atom stereocenters. The van der Waals surface area contributed by atoms with Crippen LogP contribution in [0, 0.1) is 11.3 Å². The number of amides is 1. The molecule has 132 valence electrons. The third-order valence-corrected chi connectivity index (χ3v) is 7.43. The molecule has 1 aromatic rings. The van der Waals surface area contributed by atoms with E-state index in [2.05, 4.69) is 9.80 Å². The first kappa shape index (κ1) is 16.6. The molecule has 0 N–H and O–H groups in total. The maximum absolute atomic E-state index is 12.6. The van der Waals surface area contributed by atoms with Gasteiger partial charge in [-0.1, -0.05) is 12.5 Å². The molecule has 0 radical (unpaired) electrons. The van der Waals surface area contributed by atoms with Gasteiger partial charge in [-0.2, -0.15) is 0 Å². The predicted octanol–water partition coefficient (Wildman–Crippen LogP) is 3.10. The lowest BCUT2D eigenvalue weighted by atomic mass is 9.71. The minimum Gasteiger partial charge on any atom is -0.384 e. The Hall–Kier alpha value is -0.910.